The van der Waals surface area contributed by atoms with E-state index in [2.05, 4.69) is 78.9 Å². The summed E-state index contributed by atoms with van der Waals surface area (Å²) < 4.78 is 3.77. The largest absolute Gasteiger partial charge is 0.383 e. The predicted molar refractivity (Wildman–Crippen MR) is 216 cm³/mol. The van der Waals surface area contributed by atoms with Crippen LogP contribution < -0.4 is 21.1 Å². The summed E-state index contributed by atoms with van der Waals surface area (Å²) in [7, 11) is 0. The second-order valence-corrected chi connectivity index (χ2v) is 15.0. The topological polar surface area (TPSA) is 151 Å². The number of imide groups is 1. The summed E-state index contributed by atoms with van der Waals surface area (Å²) in [6.45, 7) is 8.85. The maximum Gasteiger partial charge on any atom is 0.278 e. The van der Waals surface area contributed by atoms with Crippen molar-refractivity contribution in [2.45, 2.75) is 50.2 Å². The highest BCUT2D eigenvalue weighted by Crippen LogP contribution is 2.37. The molecule has 0 bridgehead atoms. The highest BCUT2D eigenvalue weighted by Gasteiger charge is 2.38. The number of fused-ring (bicyclic) bond motifs is 2. The zero-order chi connectivity index (χ0) is 37.4. The molecule has 5 heterocycles. The number of rotatable bonds is 11. The first-order chi connectivity index (χ1) is 26.2. The quantitative estimate of drug-likeness (QED) is 0.0759. The van der Waals surface area contributed by atoms with Crippen LogP contribution in [0.2, 0.25) is 0 Å². The number of halogens is 1. The fourth-order valence-corrected chi connectivity index (χ4v) is 8.47. The van der Waals surface area contributed by atoms with Crippen molar-refractivity contribution in [2.75, 3.05) is 47.4 Å². The van der Waals surface area contributed by atoms with Gasteiger partial charge >= 0.3 is 0 Å². The van der Waals surface area contributed by atoms with E-state index < -0.39 is 5.60 Å². The van der Waals surface area contributed by atoms with Crippen LogP contribution in [0.25, 0.3) is 16.9 Å². The Labute approximate surface area is 326 Å². The van der Waals surface area contributed by atoms with Gasteiger partial charge in [-0.2, -0.15) is 4.98 Å². The van der Waals surface area contributed by atoms with Crippen LogP contribution in [0.15, 0.2) is 84.3 Å². The monoisotopic (exact) mass is 839 g/mol. The number of nitrogens with zero attached hydrogens (tertiary/aromatic N) is 7. The van der Waals surface area contributed by atoms with Crippen molar-refractivity contribution < 1.29 is 14.7 Å². The Balaban J connectivity index is 0.895. The zero-order valence-electron chi connectivity index (χ0n) is 29.9. The van der Waals surface area contributed by atoms with Gasteiger partial charge in [0.05, 0.1) is 18.2 Å². The molecule has 2 atom stereocenters. The maximum absolute atomic E-state index is 13.5. The molecule has 13 nitrogen and oxygen atoms in total. The lowest BCUT2D eigenvalue weighted by atomic mass is 9.90. The van der Waals surface area contributed by atoms with Crippen LogP contribution in [-0.2, 0) is 34.6 Å². The van der Waals surface area contributed by atoms with Crippen molar-refractivity contribution >= 4 is 62.8 Å². The molecule has 278 valence electrons. The molecular formula is C40H42IN9O4. The van der Waals surface area contributed by atoms with Crippen LogP contribution in [0.4, 0.5) is 17.3 Å². The minimum absolute atomic E-state index is 0.192. The van der Waals surface area contributed by atoms with Gasteiger partial charge in [-0.1, -0.05) is 59.0 Å². The first-order valence-electron chi connectivity index (χ1n) is 18.4. The van der Waals surface area contributed by atoms with E-state index in [-0.39, 0.29) is 29.8 Å². The fourth-order valence-electron chi connectivity index (χ4n) is 7.73. The highest BCUT2D eigenvalue weighted by atomic mass is 127. The molecule has 54 heavy (non-hydrogen) atoms. The Morgan fingerprint density at radius 3 is 2.48 bits per heavy atom. The van der Waals surface area contributed by atoms with Crippen LogP contribution in [-0.4, -0.2) is 83.3 Å². The number of nitrogens with one attached hydrogen (secondary N) is 2. The number of piperazine rings is 1. The number of aliphatic hydroxyl groups is 1. The third-order valence-electron chi connectivity index (χ3n) is 10.8. The molecule has 2 aliphatic heterocycles. The number of carbonyl (C=O) groups excluding carboxylic acids is 2. The van der Waals surface area contributed by atoms with Crippen LogP contribution in [0, 0.1) is 0 Å². The summed E-state index contributed by atoms with van der Waals surface area (Å²) >= 11 is 2.20. The summed E-state index contributed by atoms with van der Waals surface area (Å²) in [5, 5.41) is 17.3. The fraction of sp³-hybridized carbons (Fsp3) is 0.350. The molecule has 0 saturated carbocycles. The van der Waals surface area contributed by atoms with Gasteiger partial charge in [0, 0.05) is 61.1 Å². The number of pyridine rings is 1. The molecule has 5 aromatic rings. The zero-order valence-corrected chi connectivity index (χ0v) is 32.0. The lowest BCUT2D eigenvalue weighted by Crippen LogP contribution is -2.47. The van der Waals surface area contributed by atoms with Gasteiger partial charge in [-0.05, 0) is 72.7 Å². The van der Waals surface area contributed by atoms with Gasteiger partial charge in [0.15, 0.2) is 11.5 Å². The minimum atomic E-state index is -1.00. The molecule has 14 heteroatoms. The Hall–Kier alpha value is -4.93. The number of hydrogen-bond donors (Lipinski definition) is 3. The average Bonchev–Trinajstić information content (AvgIpc) is 3.67. The molecule has 0 spiro atoms. The number of anilines is 3. The van der Waals surface area contributed by atoms with Gasteiger partial charge in [-0.15, -0.1) is 6.58 Å². The third kappa shape index (κ3) is 7.05. The molecule has 1 unspecified atom stereocenters. The standard InChI is InChI=1S/C40H42IN9O4/c1-2-18-49-38(53)32-24-42-39(46-36(32)50(49)33-13-7-28-15-17-40(54,25-41)35(28)44-33)43-29-8-3-26(4-9-29)16-19-47-20-22-48(23-21-47)30-10-5-27(6-11-30)31-12-14-34(51)45-37(31)52/h2-11,13,24,31,54H,1,12,14-23,25H2,(H,42,43,46)(H,45,51,52)/t31?,40-/m0/s1. The number of amides is 2. The normalized spacial score (nSPS) is 20.3. The van der Waals surface area contributed by atoms with E-state index in [0.29, 0.717) is 52.2 Å². The van der Waals surface area contributed by atoms with Gasteiger partial charge in [-0.3, -0.25) is 24.6 Å². The molecular weight excluding hydrogens is 797 g/mol. The maximum atomic E-state index is 13.5. The number of allylic oxidation sites excluding steroid dienone is 1. The first kappa shape index (κ1) is 36.1. The predicted octanol–water partition coefficient (Wildman–Crippen LogP) is 4.36. The van der Waals surface area contributed by atoms with E-state index in [4.69, 9.17) is 9.97 Å². The molecule has 0 radical (unpaired) electrons. The smallest absolute Gasteiger partial charge is 0.278 e. The molecule has 2 saturated heterocycles. The third-order valence-corrected chi connectivity index (χ3v) is 12.1. The number of piperidine rings is 1. The minimum Gasteiger partial charge on any atom is -0.383 e. The Morgan fingerprint density at radius 1 is 0.981 bits per heavy atom. The summed E-state index contributed by atoms with van der Waals surface area (Å²) in [6.07, 6.45) is 6.44. The van der Waals surface area contributed by atoms with Crippen molar-refractivity contribution in [1.29, 1.82) is 0 Å². The molecule has 2 fully saturated rings. The van der Waals surface area contributed by atoms with Crippen molar-refractivity contribution in [3.05, 3.63) is 112 Å². The van der Waals surface area contributed by atoms with Crippen LogP contribution in [0.1, 0.15) is 47.6 Å². The van der Waals surface area contributed by atoms with E-state index in [9.17, 15) is 19.5 Å². The van der Waals surface area contributed by atoms with E-state index >= 15 is 0 Å². The average molecular weight is 840 g/mol. The Kier molecular flexibility index (Phi) is 10.1. The summed E-state index contributed by atoms with van der Waals surface area (Å²) in [6, 6.07) is 20.3. The molecule has 8 rings (SSSR count). The van der Waals surface area contributed by atoms with Crippen LogP contribution in [0.5, 0.6) is 0 Å². The molecule has 3 aromatic heterocycles. The number of benzene rings is 2. The van der Waals surface area contributed by atoms with E-state index in [1.807, 2.05) is 36.4 Å². The second kappa shape index (κ2) is 15.1. The number of alkyl halides is 1. The number of aromatic nitrogens is 5. The number of hydrogen-bond acceptors (Lipinski definition) is 10. The summed E-state index contributed by atoms with van der Waals surface area (Å²) in [4.78, 5) is 56.2. The van der Waals surface area contributed by atoms with Gasteiger partial charge < -0.3 is 15.3 Å². The van der Waals surface area contributed by atoms with Crippen molar-refractivity contribution in [3.8, 4) is 5.82 Å². The van der Waals surface area contributed by atoms with Crippen LogP contribution >= 0.6 is 22.6 Å². The number of aryl methyl sites for hydroxylation is 1. The second-order valence-electron chi connectivity index (χ2n) is 14.3. The molecule has 1 aliphatic carbocycles. The van der Waals surface area contributed by atoms with Gasteiger partial charge in [0.25, 0.3) is 5.56 Å². The van der Waals surface area contributed by atoms with Gasteiger partial charge in [0.2, 0.25) is 17.8 Å². The lowest BCUT2D eigenvalue weighted by Gasteiger charge is -2.36. The Bertz CT molecular complexity index is 2280. The van der Waals surface area contributed by atoms with Crippen molar-refractivity contribution in [3.63, 3.8) is 0 Å². The SMILES string of the molecule is C=CCn1c(=O)c2cnc(Nc3ccc(CCN4CCN(c5ccc(C6CCC(=O)NC6=O)cc5)CC4)cc3)nc2n1-c1ccc2c(n1)[C@@](O)(CI)CC2. The molecule has 2 amide bonds. The van der Waals surface area contributed by atoms with Crippen molar-refractivity contribution in [1.82, 2.24) is 34.5 Å². The molecule has 2 aromatic carbocycles. The van der Waals surface area contributed by atoms with Crippen molar-refractivity contribution in [2.24, 2.45) is 0 Å². The van der Waals surface area contributed by atoms with E-state index in [1.54, 1.807) is 21.6 Å². The van der Waals surface area contributed by atoms with E-state index in [1.165, 1.54) is 5.56 Å². The van der Waals surface area contributed by atoms with E-state index in [0.717, 1.165) is 68.1 Å². The number of carbonyl (C=O) groups is 2. The summed E-state index contributed by atoms with van der Waals surface area (Å²) in [5.41, 5.74) is 5.01. The van der Waals surface area contributed by atoms with Crippen LogP contribution in [0.3, 0.4) is 0 Å². The first-order valence-corrected chi connectivity index (χ1v) is 19.9. The highest BCUT2D eigenvalue weighted by molar-refractivity contribution is 14.1. The molecule has 3 aliphatic rings. The van der Waals surface area contributed by atoms with Gasteiger partial charge in [-0.25, -0.2) is 19.3 Å². The Morgan fingerprint density at radius 2 is 1.76 bits per heavy atom. The summed E-state index contributed by atoms with van der Waals surface area (Å²) in [5.74, 6) is 0.201. The van der Waals surface area contributed by atoms with Gasteiger partial charge in [0.1, 0.15) is 11.0 Å². The molecule has 3 N–H and O–H groups in total. The lowest BCUT2D eigenvalue weighted by molar-refractivity contribution is -0.134.